The maximum absolute atomic E-state index is 12.5. The zero-order valence-electron chi connectivity index (χ0n) is 14.3. The van der Waals surface area contributed by atoms with E-state index in [9.17, 15) is 4.79 Å². The fraction of sp³-hybridized carbons (Fsp3) is 0.316. The van der Waals surface area contributed by atoms with E-state index in [1.165, 1.54) is 5.56 Å². The molecule has 1 N–H and O–H groups in total. The summed E-state index contributed by atoms with van der Waals surface area (Å²) in [5.41, 5.74) is 2.50. The van der Waals surface area contributed by atoms with Crippen molar-refractivity contribution in [2.24, 2.45) is 0 Å². The Morgan fingerprint density at radius 2 is 1.79 bits per heavy atom. The van der Waals surface area contributed by atoms with Crippen LogP contribution in [0.5, 0.6) is 5.75 Å². The molecule has 128 valence electrons. The molecule has 0 aromatic heterocycles. The Kier molecular flexibility index (Phi) is 6.82. The number of anilines is 1. The smallest absolute Gasteiger partial charge is 0.259 e. The molecule has 2 rings (SSSR count). The summed E-state index contributed by atoms with van der Waals surface area (Å²) >= 11 is 3.38. The van der Waals surface area contributed by atoms with Crippen LogP contribution < -0.4 is 10.1 Å². The van der Waals surface area contributed by atoms with Gasteiger partial charge < -0.3 is 10.1 Å². The third-order valence-corrected chi connectivity index (χ3v) is 4.41. The van der Waals surface area contributed by atoms with E-state index < -0.39 is 0 Å². The highest BCUT2D eigenvalue weighted by molar-refractivity contribution is 9.10. The molecule has 4 nitrogen and oxygen atoms in total. The number of rotatable bonds is 7. The van der Waals surface area contributed by atoms with Crippen LogP contribution in [0, 0.1) is 0 Å². The van der Waals surface area contributed by atoms with E-state index in [0.29, 0.717) is 11.3 Å². The molecule has 0 aliphatic heterocycles. The first kappa shape index (κ1) is 18.5. The monoisotopic (exact) mass is 390 g/mol. The molecule has 2 aromatic rings. The lowest BCUT2D eigenvalue weighted by molar-refractivity contribution is 0.102. The van der Waals surface area contributed by atoms with Crippen molar-refractivity contribution in [1.29, 1.82) is 0 Å². The molecule has 0 radical (unpaired) electrons. The maximum Gasteiger partial charge on any atom is 0.259 e. The molecule has 1 amide bonds. The molecule has 2 aromatic carbocycles. The summed E-state index contributed by atoms with van der Waals surface area (Å²) < 4.78 is 6.10. The van der Waals surface area contributed by atoms with E-state index in [2.05, 4.69) is 40.0 Å². The molecular formula is C19H23BrN2O2. The first-order chi connectivity index (χ1) is 11.6. The van der Waals surface area contributed by atoms with Gasteiger partial charge in [-0.3, -0.25) is 9.69 Å². The van der Waals surface area contributed by atoms with Gasteiger partial charge in [0, 0.05) is 16.7 Å². The normalized spacial score (nSPS) is 10.7. The van der Waals surface area contributed by atoms with E-state index in [-0.39, 0.29) is 5.91 Å². The van der Waals surface area contributed by atoms with E-state index in [0.717, 1.165) is 29.8 Å². The van der Waals surface area contributed by atoms with Crippen molar-refractivity contribution >= 4 is 27.5 Å². The van der Waals surface area contributed by atoms with E-state index >= 15 is 0 Å². The van der Waals surface area contributed by atoms with Gasteiger partial charge in [0.15, 0.2) is 0 Å². The van der Waals surface area contributed by atoms with E-state index in [1.54, 1.807) is 19.2 Å². The van der Waals surface area contributed by atoms with Crippen molar-refractivity contribution in [2.45, 2.75) is 20.4 Å². The van der Waals surface area contributed by atoms with Crippen molar-refractivity contribution in [1.82, 2.24) is 4.90 Å². The summed E-state index contributed by atoms with van der Waals surface area (Å²) in [6.45, 7) is 7.28. The lowest BCUT2D eigenvalue weighted by Crippen LogP contribution is -2.22. The molecular weight excluding hydrogens is 368 g/mol. The van der Waals surface area contributed by atoms with Gasteiger partial charge in [-0.1, -0.05) is 41.9 Å². The zero-order chi connectivity index (χ0) is 17.5. The van der Waals surface area contributed by atoms with Crippen LogP contribution in [0.1, 0.15) is 29.8 Å². The number of carbonyl (C=O) groups excluding carboxylic acids is 1. The first-order valence-corrected chi connectivity index (χ1v) is 8.82. The molecule has 24 heavy (non-hydrogen) atoms. The Bertz CT molecular complexity index is 682. The number of hydrogen-bond donors (Lipinski definition) is 1. The van der Waals surface area contributed by atoms with Crippen molar-refractivity contribution in [3.63, 3.8) is 0 Å². The van der Waals surface area contributed by atoms with Crippen LogP contribution in [-0.2, 0) is 6.54 Å². The molecule has 0 fully saturated rings. The van der Waals surface area contributed by atoms with Crippen molar-refractivity contribution < 1.29 is 9.53 Å². The van der Waals surface area contributed by atoms with Gasteiger partial charge in [0.05, 0.1) is 12.7 Å². The Morgan fingerprint density at radius 3 is 2.38 bits per heavy atom. The van der Waals surface area contributed by atoms with Gasteiger partial charge in [0.25, 0.3) is 5.91 Å². The van der Waals surface area contributed by atoms with Crippen LogP contribution in [0.15, 0.2) is 46.9 Å². The predicted octanol–water partition coefficient (Wildman–Crippen LogP) is 4.55. The van der Waals surface area contributed by atoms with Gasteiger partial charge in [0.1, 0.15) is 5.75 Å². The number of amides is 1. The Balaban J connectivity index is 2.08. The molecule has 0 spiro atoms. The summed E-state index contributed by atoms with van der Waals surface area (Å²) in [4.78, 5) is 14.8. The number of benzene rings is 2. The second kappa shape index (κ2) is 8.85. The SMILES string of the molecule is CCN(CC)Cc1ccc(NC(=O)c2cc(Br)ccc2OC)cc1. The lowest BCUT2D eigenvalue weighted by Gasteiger charge is -2.18. The molecule has 0 aliphatic carbocycles. The van der Waals surface area contributed by atoms with Crippen molar-refractivity contribution in [3.8, 4) is 5.75 Å². The average Bonchev–Trinajstić information content (AvgIpc) is 2.61. The number of ether oxygens (including phenoxy) is 1. The molecule has 0 atom stereocenters. The number of hydrogen-bond acceptors (Lipinski definition) is 3. The third-order valence-electron chi connectivity index (χ3n) is 3.92. The zero-order valence-corrected chi connectivity index (χ0v) is 15.9. The second-order valence-corrected chi connectivity index (χ2v) is 6.37. The van der Waals surface area contributed by atoms with Crippen molar-refractivity contribution in [2.75, 3.05) is 25.5 Å². The fourth-order valence-corrected chi connectivity index (χ4v) is 2.82. The summed E-state index contributed by atoms with van der Waals surface area (Å²) in [6.07, 6.45) is 0. The largest absolute Gasteiger partial charge is 0.496 e. The Morgan fingerprint density at radius 1 is 1.12 bits per heavy atom. The number of halogens is 1. The van der Waals surface area contributed by atoms with Crippen LogP contribution in [0.2, 0.25) is 0 Å². The van der Waals surface area contributed by atoms with Gasteiger partial charge in [0.2, 0.25) is 0 Å². The molecule has 0 aliphatic rings. The third kappa shape index (κ3) is 4.82. The quantitative estimate of drug-likeness (QED) is 0.753. The highest BCUT2D eigenvalue weighted by Crippen LogP contribution is 2.24. The Hall–Kier alpha value is -1.85. The van der Waals surface area contributed by atoms with Gasteiger partial charge in [-0.05, 0) is 49.0 Å². The minimum absolute atomic E-state index is 0.190. The predicted molar refractivity (Wildman–Crippen MR) is 102 cm³/mol. The fourth-order valence-electron chi connectivity index (χ4n) is 2.45. The van der Waals surface area contributed by atoms with Crippen LogP contribution in [0.4, 0.5) is 5.69 Å². The number of carbonyl (C=O) groups is 1. The molecule has 0 saturated carbocycles. The molecule has 0 heterocycles. The summed E-state index contributed by atoms with van der Waals surface area (Å²) in [7, 11) is 1.56. The summed E-state index contributed by atoms with van der Waals surface area (Å²) in [6, 6.07) is 13.3. The van der Waals surface area contributed by atoms with E-state index in [4.69, 9.17) is 4.74 Å². The van der Waals surface area contributed by atoms with Crippen LogP contribution >= 0.6 is 15.9 Å². The first-order valence-electron chi connectivity index (χ1n) is 8.03. The minimum Gasteiger partial charge on any atom is -0.496 e. The lowest BCUT2D eigenvalue weighted by atomic mass is 10.1. The number of nitrogens with one attached hydrogen (secondary N) is 1. The average molecular weight is 391 g/mol. The molecule has 0 saturated heterocycles. The molecule has 0 bridgehead atoms. The highest BCUT2D eigenvalue weighted by Gasteiger charge is 2.13. The number of methoxy groups -OCH3 is 1. The molecule has 0 unspecified atom stereocenters. The van der Waals surface area contributed by atoms with Gasteiger partial charge in [-0.2, -0.15) is 0 Å². The van der Waals surface area contributed by atoms with Gasteiger partial charge in [-0.15, -0.1) is 0 Å². The highest BCUT2D eigenvalue weighted by atomic mass is 79.9. The van der Waals surface area contributed by atoms with Crippen LogP contribution in [0.25, 0.3) is 0 Å². The van der Waals surface area contributed by atoms with E-state index in [1.807, 2.05) is 30.3 Å². The van der Waals surface area contributed by atoms with Gasteiger partial charge >= 0.3 is 0 Å². The second-order valence-electron chi connectivity index (χ2n) is 5.46. The van der Waals surface area contributed by atoms with Crippen LogP contribution in [-0.4, -0.2) is 31.0 Å². The minimum atomic E-state index is -0.190. The van der Waals surface area contributed by atoms with Crippen molar-refractivity contribution in [3.05, 3.63) is 58.1 Å². The molecule has 5 heteroatoms. The maximum atomic E-state index is 12.5. The van der Waals surface area contributed by atoms with Crippen LogP contribution in [0.3, 0.4) is 0 Å². The van der Waals surface area contributed by atoms with Gasteiger partial charge in [-0.25, -0.2) is 0 Å². The summed E-state index contributed by atoms with van der Waals surface area (Å²) in [5.74, 6) is 0.360. The summed E-state index contributed by atoms with van der Waals surface area (Å²) in [5, 5.41) is 2.92. The topological polar surface area (TPSA) is 41.6 Å². The standard InChI is InChI=1S/C19H23BrN2O2/c1-4-22(5-2)13-14-6-9-16(10-7-14)21-19(23)17-12-15(20)8-11-18(17)24-3/h6-12H,4-5,13H2,1-3H3,(H,21,23). The Labute approximate surface area is 151 Å². The number of nitrogens with zero attached hydrogens (tertiary/aromatic N) is 1.